The van der Waals surface area contributed by atoms with Gasteiger partial charge < -0.3 is 10.0 Å². The number of aliphatic hydroxyl groups excluding tert-OH is 1. The van der Waals surface area contributed by atoms with E-state index >= 15 is 0 Å². The Balaban J connectivity index is 2.87. The zero-order valence-corrected chi connectivity index (χ0v) is 9.73. The fourth-order valence-corrected chi connectivity index (χ4v) is 1.44. The number of amides is 1. The van der Waals surface area contributed by atoms with Gasteiger partial charge in [0.05, 0.1) is 24.9 Å². The van der Waals surface area contributed by atoms with Crippen LogP contribution in [-0.4, -0.2) is 51.8 Å². The van der Waals surface area contributed by atoms with Gasteiger partial charge in [-0.1, -0.05) is 0 Å². The number of rotatable bonds is 5. The number of carbonyl (C=O) groups is 1. The van der Waals surface area contributed by atoms with Crippen molar-refractivity contribution in [3.63, 3.8) is 0 Å². The Kier molecular flexibility index (Phi) is 4.56. The van der Waals surface area contributed by atoms with Crippen LogP contribution in [0.4, 0.5) is 8.78 Å². The highest BCUT2D eigenvalue weighted by Gasteiger charge is 2.22. The van der Waals surface area contributed by atoms with E-state index in [9.17, 15) is 13.6 Å². The minimum atomic E-state index is -2.62. The van der Waals surface area contributed by atoms with Crippen molar-refractivity contribution in [2.24, 2.45) is 7.05 Å². The third-order valence-corrected chi connectivity index (χ3v) is 2.48. The predicted octanol–water partition coefficient (Wildman–Crippen LogP) is 0.428. The summed E-state index contributed by atoms with van der Waals surface area (Å²) < 4.78 is 26.1. The summed E-state index contributed by atoms with van der Waals surface area (Å²) in [5.74, 6) is -0.537. The van der Waals surface area contributed by atoms with E-state index in [4.69, 9.17) is 5.11 Å². The molecule has 7 heteroatoms. The van der Waals surface area contributed by atoms with Gasteiger partial charge in [0.25, 0.3) is 12.3 Å². The van der Waals surface area contributed by atoms with Crippen molar-refractivity contribution in [3.8, 4) is 0 Å². The molecule has 5 nitrogen and oxygen atoms in total. The molecule has 0 unspecified atom stereocenters. The Bertz CT molecular complexity index is 393. The van der Waals surface area contributed by atoms with Gasteiger partial charge in [0.1, 0.15) is 0 Å². The smallest absolute Gasteiger partial charge is 0.257 e. The van der Waals surface area contributed by atoms with Crippen LogP contribution in [0.2, 0.25) is 0 Å². The van der Waals surface area contributed by atoms with Crippen molar-refractivity contribution < 1.29 is 18.7 Å². The van der Waals surface area contributed by atoms with Crippen molar-refractivity contribution in [2.45, 2.75) is 13.3 Å². The molecule has 0 aliphatic carbocycles. The van der Waals surface area contributed by atoms with Crippen molar-refractivity contribution >= 4 is 5.91 Å². The molecule has 17 heavy (non-hydrogen) atoms. The number of halogens is 2. The molecule has 0 aliphatic heterocycles. The first-order valence-corrected chi connectivity index (χ1v) is 5.14. The van der Waals surface area contributed by atoms with E-state index in [0.717, 1.165) is 4.90 Å². The number of aryl methyl sites for hydroxylation is 1. The van der Waals surface area contributed by atoms with Crippen LogP contribution in [0.5, 0.6) is 0 Å². The molecule has 0 spiro atoms. The van der Waals surface area contributed by atoms with Crippen LogP contribution < -0.4 is 0 Å². The standard InChI is InChI=1S/C10H15F2N3O2/c1-7-8(5-13-14(7)2)10(17)15(3-4-16)6-9(11)12/h5,9,16H,3-4,6H2,1-2H3. The summed E-state index contributed by atoms with van der Waals surface area (Å²) in [4.78, 5) is 12.9. The molecular weight excluding hydrogens is 232 g/mol. The van der Waals surface area contributed by atoms with Crippen LogP contribution in [0, 0.1) is 6.92 Å². The van der Waals surface area contributed by atoms with Crippen LogP contribution in [0.15, 0.2) is 6.20 Å². The van der Waals surface area contributed by atoms with E-state index in [0.29, 0.717) is 5.69 Å². The van der Waals surface area contributed by atoms with Gasteiger partial charge in [-0.2, -0.15) is 5.10 Å². The molecule has 1 N–H and O–H groups in total. The van der Waals surface area contributed by atoms with Crippen LogP contribution in [0.1, 0.15) is 16.1 Å². The summed E-state index contributed by atoms with van der Waals surface area (Å²) >= 11 is 0. The number of carbonyl (C=O) groups excluding carboxylic acids is 1. The summed E-state index contributed by atoms with van der Waals surface area (Å²) in [5.41, 5.74) is 0.883. The van der Waals surface area contributed by atoms with E-state index in [1.54, 1.807) is 14.0 Å². The zero-order valence-electron chi connectivity index (χ0n) is 9.73. The predicted molar refractivity (Wildman–Crippen MR) is 56.9 cm³/mol. The van der Waals surface area contributed by atoms with Crippen LogP contribution in [0.25, 0.3) is 0 Å². The minimum Gasteiger partial charge on any atom is -0.395 e. The Morgan fingerprint density at radius 2 is 2.29 bits per heavy atom. The van der Waals surface area contributed by atoms with Gasteiger partial charge in [-0.15, -0.1) is 0 Å². The summed E-state index contributed by atoms with van der Waals surface area (Å²) in [5, 5.41) is 12.6. The van der Waals surface area contributed by atoms with E-state index < -0.39 is 18.9 Å². The summed E-state index contributed by atoms with van der Waals surface area (Å²) in [7, 11) is 1.66. The molecule has 0 bridgehead atoms. The molecule has 0 aliphatic rings. The molecule has 1 amide bonds. The first-order chi connectivity index (χ1) is 7.97. The minimum absolute atomic E-state index is 0.114. The van der Waals surface area contributed by atoms with Crippen molar-refractivity contribution in [1.82, 2.24) is 14.7 Å². The topological polar surface area (TPSA) is 58.4 Å². The van der Waals surface area contributed by atoms with Crippen LogP contribution >= 0.6 is 0 Å². The van der Waals surface area contributed by atoms with Gasteiger partial charge in [-0.05, 0) is 6.92 Å². The highest BCUT2D eigenvalue weighted by Crippen LogP contribution is 2.11. The van der Waals surface area contributed by atoms with E-state index in [1.165, 1.54) is 10.9 Å². The van der Waals surface area contributed by atoms with E-state index in [-0.39, 0.29) is 18.7 Å². The van der Waals surface area contributed by atoms with Crippen molar-refractivity contribution in [3.05, 3.63) is 17.5 Å². The Labute approximate surface area is 97.6 Å². The molecule has 1 rings (SSSR count). The average Bonchev–Trinajstić information content (AvgIpc) is 2.58. The fourth-order valence-electron chi connectivity index (χ4n) is 1.44. The number of nitrogens with zero attached hydrogens (tertiary/aromatic N) is 3. The third-order valence-electron chi connectivity index (χ3n) is 2.48. The quantitative estimate of drug-likeness (QED) is 0.820. The number of hydrogen-bond acceptors (Lipinski definition) is 3. The van der Waals surface area contributed by atoms with E-state index in [2.05, 4.69) is 5.10 Å². The Morgan fingerprint density at radius 3 is 2.71 bits per heavy atom. The largest absolute Gasteiger partial charge is 0.395 e. The highest BCUT2D eigenvalue weighted by atomic mass is 19.3. The number of alkyl halides is 2. The molecule has 1 aromatic heterocycles. The van der Waals surface area contributed by atoms with Gasteiger partial charge in [-0.3, -0.25) is 9.48 Å². The number of aromatic nitrogens is 2. The molecule has 0 atom stereocenters. The maximum absolute atomic E-state index is 12.3. The lowest BCUT2D eigenvalue weighted by atomic mass is 10.2. The summed E-state index contributed by atoms with van der Waals surface area (Å²) in [6.45, 7) is 0.530. The highest BCUT2D eigenvalue weighted by molar-refractivity contribution is 5.95. The van der Waals surface area contributed by atoms with Crippen LogP contribution in [0.3, 0.4) is 0 Å². The second kappa shape index (κ2) is 5.72. The molecule has 0 aromatic carbocycles. The van der Waals surface area contributed by atoms with Crippen molar-refractivity contribution in [2.75, 3.05) is 19.7 Å². The molecule has 0 fully saturated rings. The Morgan fingerprint density at radius 1 is 1.65 bits per heavy atom. The molecule has 1 aromatic rings. The fraction of sp³-hybridized carbons (Fsp3) is 0.600. The van der Waals surface area contributed by atoms with E-state index in [1.807, 2.05) is 0 Å². The maximum Gasteiger partial charge on any atom is 0.257 e. The molecule has 1 heterocycles. The van der Waals surface area contributed by atoms with Crippen molar-refractivity contribution in [1.29, 1.82) is 0 Å². The maximum atomic E-state index is 12.3. The summed E-state index contributed by atoms with van der Waals surface area (Å²) in [6.07, 6.45) is -1.28. The third kappa shape index (κ3) is 3.23. The van der Waals surface area contributed by atoms with Gasteiger partial charge in [0.15, 0.2) is 0 Å². The lowest BCUT2D eigenvalue weighted by Crippen LogP contribution is -2.37. The second-order valence-electron chi connectivity index (χ2n) is 3.63. The second-order valence-corrected chi connectivity index (χ2v) is 3.63. The lowest BCUT2D eigenvalue weighted by molar-refractivity contribution is 0.0508. The van der Waals surface area contributed by atoms with Gasteiger partial charge >= 0.3 is 0 Å². The molecule has 96 valence electrons. The normalized spacial score (nSPS) is 10.9. The molecular formula is C10H15F2N3O2. The Hall–Kier alpha value is -1.50. The molecule has 0 radical (unpaired) electrons. The zero-order chi connectivity index (χ0) is 13.0. The van der Waals surface area contributed by atoms with Crippen LogP contribution in [-0.2, 0) is 7.05 Å². The SMILES string of the molecule is Cc1c(C(=O)N(CCO)CC(F)F)cnn1C. The van der Waals surface area contributed by atoms with Gasteiger partial charge in [-0.25, -0.2) is 8.78 Å². The summed E-state index contributed by atoms with van der Waals surface area (Å²) in [6, 6.07) is 0. The molecule has 0 saturated heterocycles. The van der Waals surface area contributed by atoms with Gasteiger partial charge in [0, 0.05) is 19.3 Å². The lowest BCUT2D eigenvalue weighted by Gasteiger charge is -2.20. The monoisotopic (exact) mass is 247 g/mol. The number of hydrogen-bond donors (Lipinski definition) is 1. The average molecular weight is 247 g/mol. The first-order valence-electron chi connectivity index (χ1n) is 5.14. The van der Waals surface area contributed by atoms with Gasteiger partial charge in [0.2, 0.25) is 0 Å². The first kappa shape index (κ1) is 13.6. The number of aliphatic hydroxyl groups is 1. The molecule has 0 saturated carbocycles.